The van der Waals surface area contributed by atoms with Crippen molar-refractivity contribution in [1.82, 2.24) is 20.0 Å². The number of carbonyl (C=O) groups is 1. The van der Waals surface area contributed by atoms with E-state index < -0.39 is 6.03 Å². The summed E-state index contributed by atoms with van der Waals surface area (Å²) in [6, 6.07) is 9.08. The van der Waals surface area contributed by atoms with Crippen LogP contribution in [-0.4, -0.2) is 65.5 Å². The lowest BCUT2D eigenvalue weighted by Crippen LogP contribution is -2.38. The monoisotopic (exact) mass is 466 g/mol. The summed E-state index contributed by atoms with van der Waals surface area (Å²) in [6.07, 6.45) is 3.45. The van der Waals surface area contributed by atoms with E-state index in [2.05, 4.69) is 30.7 Å². The van der Waals surface area contributed by atoms with Gasteiger partial charge in [-0.1, -0.05) is 38.1 Å². The summed E-state index contributed by atoms with van der Waals surface area (Å²) in [5, 5.41) is 9.35. The van der Waals surface area contributed by atoms with E-state index in [9.17, 15) is 4.79 Å². The van der Waals surface area contributed by atoms with Crippen molar-refractivity contribution in [3.05, 3.63) is 48.5 Å². The predicted octanol–water partition coefficient (Wildman–Crippen LogP) is 3.78. The standard InChI is InChI=1S/C24H30N6O4/c1-24(2,3)20-14-21(29-34-20)28-22(31)27-19-6-4-17(5-7-19)18-15-25-23(26-16-18)33-13-10-30-8-11-32-12-9-30/h4-7,14-16H,8-13H2,1-3H3,(H2,27,28,29,31). The number of carbonyl (C=O) groups excluding carboxylic acids is 1. The van der Waals surface area contributed by atoms with Crippen molar-refractivity contribution in [2.24, 2.45) is 0 Å². The van der Waals surface area contributed by atoms with Crippen molar-refractivity contribution in [2.45, 2.75) is 26.2 Å². The third kappa shape index (κ3) is 6.52. The summed E-state index contributed by atoms with van der Waals surface area (Å²) in [4.78, 5) is 23.2. The summed E-state index contributed by atoms with van der Waals surface area (Å²) < 4.78 is 16.3. The second-order valence-corrected chi connectivity index (χ2v) is 9.04. The molecule has 1 aliphatic rings. The Morgan fingerprint density at radius 1 is 1.06 bits per heavy atom. The van der Waals surface area contributed by atoms with Crippen molar-refractivity contribution in [2.75, 3.05) is 50.1 Å². The van der Waals surface area contributed by atoms with E-state index in [1.807, 2.05) is 45.0 Å². The van der Waals surface area contributed by atoms with Crippen LogP contribution < -0.4 is 15.4 Å². The highest BCUT2D eigenvalue weighted by molar-refractivity contribution is 5.99. The lowest BCUT2D eigenvalue weighted by atomic mass is 9.93. The average molecular weight is 467 g/mol. The second kappa shape index (κ2) is 10.6. The molecule has 1 saturated heterocycles. The van der Waals surface area contributed by atoms with Crippen LogP contribution in [0.4, 0.5) is 16.3 Å². The minimum Gasteiger partial charge on any atom is -0.462 e. The van der Waals surface area contributed by atoms with Crippen LogP contribution in [0.2, 0.25) is 0 Å². The number of nitrogens with zero attached hydrogens (tertiary/aromatic N) is 4. The molecule has 0 spiro atoms. The highest BCUT2D eigenvalue weighted by atomic mass is 16.5. The van der Waals surface area contributed by atoms with Crippen LogP contribution in [0.25, 0.3) is 11.1 Å². The molecule has 1 aliphatic heterocycles. The number of aromatic nitrogens is 3. The summed E-state index contributed by atoms with van der Waals surface area (Å²) in [6.45, 7) is 10.8. The number of nitrogens with one attached hydrogen (secondary N) is 2. The number of benzene rings is 1. The molecule has 0 aliphatic carbocycles. The quantitative estimate of drug-likeness (QED) is 0.541. The van der Waals surface area contributed by atoms with Crippen LogP contribution in [0.1, 0.15) is 26.5 Å². The number of anilines is 2. The maximum atomic E-state index is 12.3. The topological polar surface area (TPSA) is 115 Å². The number of rotatable bonds is 7. The molecule has 0 atom stereocenters. The molecule has 1 fully saturated rings. The van der Waals surface area contributed by atoms with Gasteiger partial charge in [0.25, 0.3) is 0 Å². The Bertz CT molecular complexity index is 1070. The molecular formula is C24H30N6O4. The molecule has 3 aromatic rings. The Labute approximate surface area is 198 Å². The fourth-order valence-corrected chi connectivity index (χ4v) is 3.34. The van der Waals surface area contributed by atoms with Gasteiger partial charge in [-0.2, -0.15) is 0 Å². The number of ether oxygens (including phenoxy) is 2. The molecular weight excluding hydrogens is 436 g/mol. The van der Waals surface area contributed by atoms with Crippen LogP contribution >= 0.6 is 0 Å². The smallest absolute Gasteiger partial charge is 0.324 e. The third-order valence-electron chi connectivity index (χ3n) is 5.34. The Hall–Kier alpha value is -3.50. The molecule has 3 heterocycles. The van der Waals surface area contributed by atoms with E-state index in [0.717, 1.165) is 44.0 Å². The number of urea groups is 1. The van der Waals surface area contributed by atoms with Gasteiger partial charge in [0.15, 0.2) is 5.82 Å². The third-order valence-corrected chi connectivity index (χ3v) is 5.34. The number of morpholine rings is 1. The van der Waals surface area contributed by atoms with Crippen LogP contribution in [0.3, 0.4) is 0 Å². The fraction of sp³-hybridized carbons (Fsp3) is 0.417. The van der Waals surface area contributed by atoms with Crippen molar-refractivity contribution < 1.29 is 18.8 Å². The fourth-order valence-electron chi connectivity index (χ4n) is 3.34. The predicted molar refractivity (Wildman–Crippen MR) is 128 cm³/mol. The molecule has 0 saturated carbocycles. The molecule has 2 aromatic heterocycles. The van der Waals surface area contributed by atoms with Gasteiger partial charge in [-0.05, 0) is 17.7 Å². The van der Waals surface area contributed by atoms with E-state index in [1.54, 1.807) is 18.5 Å². The molecule has 10 heteroatoms. The summed E-state index contributed by atoms with van der Waals surface area (Å²) in [7, 11) is 0. The van der Waals surface area contributed by atoms with E-state index in [4.69, 9.17) is 14.0 Å². The van der Waals surface area contributed by atoms with Gasteiger partial charge in [0, 0.05) is 54.8 Å². The number of hydrogen-bond acceptors (Lipinski definition) is 8. The first-order chi connectivity index (χ1) is 16.4. The van der Waals surface area contributed by atoms with E-state index in [-0.39, 0.29) is 5.41 Å². The molecule has 34 heavy (non-hydrogen) atoms. The van der Waals surface area contributed by atoms with Crippen molar-refractivity contribution in [3.8, 4) is 17.1 Å². The number of amides is 2. The Balaban J connectivity index is 1.26. The molecule has 0 bridgehead atoms. The zero-order chi connectivity index (χ0) is 24.0. The Morgan fingerprint density at radius 2 is 1.76 bits per heavy atom. The molecule has 2 N–H and O–H groups in total. The Kier molecular flexibility index (Phi) is 7.39. The van der Waals surface area contributed by atoms with Crippen molar-refractivity contribution in [3.63, 3.8) is 0 Å². The molecule has 10 nitrogen and oxygen atoms in total. The SMILES string of the molecule is CC(C)(C)c1cc(NC(=O)Nc2ccc(-c3cnc(OCCN4CCOCC4)nc3)cc2)no1. The van der Waals surface area contributed by atoms with Gasteiger partial charge in [0.1, 0.15) is 12.4 Å². The highest BCUT2D eigenvalue weighted by Gasteiger charge is 2.20. The van der Waals surface area contributed by atoms with Gasteiger partial charge < -0.3 is 19.3 Å². The average Bonchev–Trinajstić information content (AvgIpc) is 3.30. The number of hydrogen-bond donors (Lipinski definition) is 2. The first-order valence-corrected chi connectivity index (χ1v) is 11.3. The van der Waals surface area contributed by atoms with Crippen LogP contribution in [0.5, 0.6) is 6.01 Å². The summed E-state index contributed by atoms with van der Waals surface area (Å²) >= 11 is 0. The minimum absolute atomic E-state index is 0.184. The van der Waals surface area contributed by atoms with Crippen LogP contribution in [0.15, 0.2) is 47.2 Å². The van der Waals surface area contributed by atoms with E-state index in [1.165, 1.54) is 0 Å². The van der Waals surface area contributed by atoms with Crippen LogP contribution in [-0.2, 0) is 10.2 Å². The molecule has 1 aromatic carbocycles. The zero-order valence-corrected chi connectivity index (χ0v) is 19.7. The largest absolute Gasteiger partial charge is 0.462 e. The Morgan fingerprint density at radius 3 is 2.41 bits per heavy atom. The minimum atomic E-state index is -0.400. The molecule has 4 rings (SSSR count). The lowest BCUT2D eigenvalue weighted by Gasteiger charge is -2.26. The molecule has 0 radical (unpaired) electrons. The van der Waals surface area contributed by atoms with Gasteiger partial charge in [-0.15, -0.1) is 0 Å². The van der Waals surface area contributed by atoms with Gasteiger partial charge in [0.05, 0.1) is 13.2 Å². The maximum absolute atomic E-state index is 12.3. The maximum Gasteiger partial charge on any atom is 0.324 e. The molecule has 180 valence electrons. The lowest BCUT2D eigenvalue weighted by molar-refractivity contribution is 0.0317. The first-order valence-electron chi connectivity index (χ1n) is 11.3. The van der Waals surface area contributed by atoms with Gasteiger partial charge in [0.2, 0.25) is 0 Å². The van der Waals surface area contributed by atoms with Gasteiger partial charge >= 0.3 is 12.0 Å². The normalized spacial score (nSPS) is 14.6. The van der Waals surface area contributed by atoms with Gasteiger partial charge in [-0.25, -0.2) is 14.8 Å². The van der Waals surface area contributed by atoms with Crippen LogP contribution in [0, 0.1) is 0 Å². The highest BCUT2D eigenvalue weighted by Crippen LogP contribution is 2.25. The zero-order valence-electron chi connectivity index (χ0n) is 19.7. The van der Waals surface area contributed by atoms with E-state index >= 15 is 0 Å². The van der Waals surface area contributed by atoms with Crippen molar-refractivity contribution >= 4 is 17.5 Å². The molecule has 2 amide bonds. The van der Waals surface area contributed by atoms with Crippen molar-refractivity contribution in [1.29, 1.82) is 0 Å². The van der Waals surface area contributed by atoms with E-state index in [0.29, 0.717) is 29.9 Å². The first kappa shape index (κ1) is 23.7. The molecule has 0 unspecified atom stereocenters. The van der Waals surface area contributed by atoms with Gasteiger partial charge in [-0.3, -0.25) is 10.2 Å². The summed E-state index contributed by atoms with van der Waals surface area (Å²) in [5.74, 6) is 1.06. The second-order valence-electron chi connectivity index (χ2n) is 9.04. The summed E-state index contributed by atoms with van der Waals surface area (Å²) in [5.41, 5.74) is 2.24.